The number of thiophene rings is 1. The van der Waals surface area contributed by atoms with Crippen molar-refractivity contribution in [1.29, 1.82) is 0 Å². The van der Waals surface area contributed by atoms with Crippen molar-refractivity contribution >= 4 is 35.6 Å². The molecule has 4 heterocycles. The number of fused-ring (bicyclic) bond motifs is 2. The van der Waals surface area contributed by atoms with Gasteiger partial charge in [-0.3, -0.25) is 9.59 Å². The lowest BCUT2D eigenvalue weighted by atomic mass is 9.82. The molecule has 2 fully saturated rings. The van der Waals surface area contributed by atoms with Crippen molar-refractivity contribution in [2.45, 2.75) is 44.6 Å². The predicted molar refractivity (Wildman–Crippen MR) is 112 cm³/mol. The molecule has 3 aliphatic heterocycles. The van der Waals surface area contributed by atoms with Crippen molar-refractivity contribution < 1.29 is 14.3 Å². The fourth-order valence-electron chi connectivity index (χ4n) is 4.55. The maximum Gasteiger partial charge on any atom is 0.263 e. The summed E-state index contributed by atoms with van der Waals surface area (Å²) in [5, 5.41) is 0. The molecule has 2 saturated heterocycles. The van der Waals surface area contributed by atoms with Gasteiger partial charge in [-0.1, -0.05) is 6.92 Å². The van der Waals surface area contributed by atoms with E-state index in [0.717, 1.165) is 50.1 Å². The molecule has 1 spiro atoms. The molecule has 0 radical (unpaired) electrons. The predicted octanol–water partition coefficient (Wildman–Crippen LogP) is 2.39. The SMILES string of the molecule is CC1CCN(C(=O)c2cc3c(s2)CCOC32CCN(C(=O)CN)CC2)CC1.Cl. The number of piperidine rings is 2. The van der Waals surface area contributed by atoms with Crippen LogP contribution in [0.25, 0.3) is 0 Å². The summed E-state index contributed by atoms with van der Waals surface area (Å²) < 4.78 is 6.26. The molecule has 8 heteroatoms. The van der Waals surface area contributed by atoms with E-state index in [9.17, 15) is 9.59 Å². The van der Waals surface area contributed by atoms with E-state index in [4.69, 9.17) is 10.5 Å². The summed E-state index contributed by atoms with van der Waals surface area (Å²) in [6.45, 7) is 6.06. The van der Waals surface area contributed by atoms with Crippen molar-refractivity contribution in [3.63, 3.8) is 0 Å². The third-order valence-corrected chi connectivity index (χ3v) is 7.57. The summed E-state index contributed by atoms with van der Waals surface area (Å²) in [6, 6.07) is 2.08. The number of carbonyl (C=O) groups is 2. The zero-order valence-electron chi connectivity index (χ0n) is 16.4. The third-order valence-electron chi connectivity index (χ3n) is 6.39. The zero-order chi connectivity index (χ0) is 19.0. The van der Waals surface area contributed by atoms with Gasteiger partial charge >= 0.3 is 0 Å². The summed E-state index contributed by atoms with van der Waals surface area (Å²) in [6.07, 6.45) is 4.61. The molecule has 2 N–H and O–H groups in total. The molecule has 3 aliphatic rings. The molecule has 156 valence electrons. The molecular weight excluding hydrogens is 398 g/mol. The van der Waals surface area contributed by atoms with Crippen molar-refractivity contribution in [3.05, 3.63) is 21.4 Å². The smallest absolute Gasteiger partial charge is 0.263 e. The number of rotatable bonds is 2. The van der Waals surface area contributed by atoms with Crippen LogP contribution in [0.3, 0.4) is 0 Å². The first kappa shape index (κ1) is 21.6. The standard InChI is InChI=1S/C20H29N3O3S.ClH/c1-14-2-7-23(8-3-14)19(25)17-12-15-16(27-17)4-11-26-20(15)5-9-22(10-6-20)18(24)13-21;/h12,14H,2-11,13,21H2,1H3;1H. The number of ether oxygens (including phenoxy) is 1. The molecular formula is C20H30ClN3O3S. The second-order valence-electron chi connectivity index (χ2n) is 8.10. The Morgan fingerprint density at radius 2 is 1.89 bits per heavy atom. The van der Waals surface area contributed by atoms with Crippen LogP contribution in [0.1, 0.15) is 52.7 Å². The van der Waals surface area contributed by atoms with Crippen LogP contribution in [0, 0.1) is 5.92 Å². The van der Waals surface area contributed by atoms with Gasteiger partial charge in [-0.2, -0.15) is 0 Å². The Hall–Kier alpha value is -1.15. The Balaban J connectivity index is 0.00000225. The summed E-state index contributed by atoms with van der Waals surface area (Å²) in [5.74, 6) is 0.886. The topological polar surface area (TPSA) is 75.9 Å². The minimum Gasteiger partial charge on any atom is -0.370 e. The van der Waals surface area contributed by atoms with Gasteiger partial charge in [-0.05, 0) is 43.2 Å². The van der Waals surface area contributed by atoms with Crippen LogP contribution < -0.4 is 5.73 Å². The lowest BCUT2D eigenvalue weighted by Crippen LogP contribution is -2.49. The van der Waals surface area contributed by atoms with E-state index in [-0.39, 0.29) is 36.4 Å². The van der Waals surface area contributed by atoms with Gasteiger partial charge in [0.1, 0.15) is 0 Å². The number of likely N-dealkylation sites (tertiary alicyclic amines) is 2. The molecule has 1 aromatic rings. The lowest BCUT2D eigenvalue weighted by Gasteiger charge is -2.44. The Kier molecular flexibility index (Phi) is 6.69. The highest BCUT2D eigenvalue weighted by atomic mass is 35.5. The van der Waals surface area contributed by atoms with Crippen LogP contribution in [-0.4, -0.2) is 60.9 Å². The first-order valence-electron chi connectivity index (χ1n) is 10.1. The highest BCUT2D eigenvalue weighted by molar-refractivity contribution is 7.14. The van der Waals surface area contributed by atoms with E-state index in [1.54, 1.807) is 11.3 Å². The monoisotopic (exact) mass is 427 g/mol. The highest BCUT2D eigenvalue weighted by Gasteiger charge is 2.43. The van der Waals surface area contributed by atoms with E-state index in [1.165, 1.54) is 10.4 Å². The van der Waals surface area contributed by atoms with Gasteiger partial charge in [0.15, 0.2) is 0 Å². The van der Waals surface area contributed by atoms with Gasteiger partial charge < -0.3 is 20.3 Å². The fourth-order valence-corrected chi connectivity index (χ4v) is 5.75. The number of amides is 2. The van der Waals surface area contributed by atoms with Crippen LogP contribution in [0.4, 0.5) is 0 Å². The first-order valence-corrected chi connectivity index (χ1v) is 10.9. The Labute approximate surface area is 176 Å². The Morgan fingerprint density at radius 3 is 2.54 bits per heavy atom. The maximum absolute atomic E-state index is 13.0. The van der Waals surface area contributed by atoms with E-state index in [0.29, 0.717) is 25.6 Å². The Morgan fingerprint density at radius 1 is 1.21 bits per heavy atom. The van der Waals surface area contributed by atoms with E-state index < -0.39 is 0 Å². The van der Waals surface area contributed by atoms with Crippen molar-refractivity contribution in [3.8, 4) is 0 Å². The molecule has 0 saturated carbocycles. The number of halogens is 1. The Bertz CT molecular complexity index is 722. The maximum atomic E-state index is 13.0. The van der Waals surface area contributed by atoms with Crippen LogP contribution in [0.2, 0.25) is 0 Å². The van der Waals surface area contributed by atoms with Gasteiger partial charge in [0.25, 0.3) is 5.91 Å². The first-order chi connectivity index (χ1) is 13.0. The molecule has 0 aliphatic carbocycles. The molecule has 6 nitrogen and oxygen atoms in total. The van der Waals surface area contributed by atoms with Crippen molar-refractivity contribution in [1.82, 2.24) is 9.80 Å². The van der Waals surface area contributed by atoms with Crippen LogP contribution in [0.5, 0.6) is 0 Å². The molecule has 0 unspecified atom stereocenters. The normalized spacial score (nSPS) is 21.9. The highest BCUT2D eigenvalue weighted by Crippen LogP contribution is 2.44. The number of hydrogen-bond acceptors (Lipinski definition) is 5. The van der Waals surface area contributed by atoms with Gasteiger partial charge in [0, 0.05) is 37.5 Å². The number of nitrogens with zero attached hydrogens (tertiary/aromatic N) is 2. The van der Waals surface area contributed by atoms with E-state index >= 15 is 0 Å². The van der Waals surface area contributed by atoms with Crippen LogP contribution >= 0.6 is 23.7 Å². The zero-order valence-corrected chi connectivity index (χ0v) is 18.1. The third kappa shape index (κ3) is 3.95. The molecule has 0 bridgehead atoms. The molecule has 0 atom stereocenters. The average molecular weight is 428 g/mol. The summed E-state index contributed by atoms with van der Waals surface area (Å²) in [5.41, 5.74) is 6.35. The summed E-state index contributed by atoms with van der Waals surface area (Å²) in [7, 11) is 0. The second-order valence-corrected chi connectivity index (χ2v) is 9.24. The molecule has 2 amide bonds. The minimum absolute atomic E-state index is 0. The molecule has 0 aromatic carbocycles. The van der Waals surface area contributed by atoms with Crippen molar-refractivity contribution in [2.24, 2.45) is 11.7 Å². The molecule has 1 aromatic heterocycles. The average Bonchev–Trinajstić information content (AvgIpc) is 3.14. The lowest BCUT2D eigenvalue weighted by molar-refractivity contribution is -0.139. The number of hydrogen-bond donors (Lipinski definition) is 1. The van der Waals surface area contributed by atoms with Gasteiger partial charge in [-0.25, -0.2) is 0 Å². The summed E-state index contributed by atoms with van der Waals surface area (Å²) >= 11 is 1.65. The van der Waals surface area contributed by atoms with Crippen molar-refractivity contribution in [2.75, 3.05) is 39.3 Å². The van der Waals surface area contributed by atoms with Crippen LogP contribution in [-0.2, 0) is 21.6 Å². The van der Waals surface area contributed by atoms with Crippen LogP contribution in [0.15, 0.2) is 6.07 Å². The van der Waals surface area contributed by atoms with Gasteiger partial charge in [0.05, 0.1) is 23.6 Å². The van der Waals surface area contributed by atoms with E-state index in [2.05, 4.69) is 13.0 Å². The van der Waals surface area contributed by atoms with E-state index in [1.807, 2.05) is 9.80 Å². The summed E-state index contributed by atoms with van der Waals surface area (Å²) in [4.78, 5) is 30.9. The molecule has 4 rings (SSSR count). The number of nitrogens with two attached hydrogens (primary N) is 1. The number of carbonyl (C=O) groups excluding carboxylic acids is 2. The second kappa shape index (κ2) is 8.69. The van der Waals surface area contributed by atoms with Gasteiger partial charge in [-0.15, -0.1) is 23.7 Å². The minimum atomic E-state index is -0.343. The molecule has 28 heavy (non-hydrogen) atoms. The quantitative estimate of drug-likeness (QED) is 0.786. The largest absolute Gasteiger partial charge is 0.370 e. The fraction of sp³-hybridized carbons (Fsp3) is 0.700. The van der Waals surface area contributed by atoms with Gasteiger partial charge in [0.2, 0.25) is 5.91 Å².